The van der Waals surface area contributed by atoms with Gasteiger partial charge in [-0.15, -0.1) is 0 Å². The van der Waals surface area contributed by atoms with Crippen LogP contribution in [-0.4, -0.2) is 46.6 Å². The van der Waals surface area contributed by atoms with Gasteiger partial charge in [0.1, 0.15) is 5.82 Å². The molecule has 0 aromatic heterocycles. The predicted octanol–water partition coefficient (Wildman–Crippen LogP) is 2.20. The topological polar surface area (TPSA) is 47.7 Å². The maximum Gasteiger partial charge on any atom is 0.146 e. The maximum atomic E-state index is 14.3. The Labute approximate surface area is 127 Å². The average Bonchev–Trinajstić information content (AvgIpc) is 2.43. The minimum absolute atomic E-state index is 0.0292. The quantitative estimate of drug-likeness (QED) is 0.673. The summed E-state index contributed by atoms with van der Waals surface area (Å²) in [4.78, 5) is 1.99. The highest BCUT2D eigenvalue weighted by Gasteiger charge is 2.12. The highest BCUT2D eigenvalue weighted by Crippen LogP contribution is 2.21. The first-order valence-electron chi connectivity index (χ1n) is 7.35. The van der Waals surface area contributed by atoms with Gasteiger partial charge in [-0.05, 0) is 37.5 Å². The highest BCUT2D eigenvalue weighted by molar-refractivity contribution is 5.49. The lowest BCUT2D eigenvalue weighted by atomic mass is 10.1. The van der Waals surface area contributed by atoms with Crippen molar-refractivity contribution >= 4 is 5.69 Å². The molecule has 4 nitrogen and oxygen atoms in total. The van der Waals surface area contributed by atoms with Gasteiger partial charge in [0.25, 0.3) is 0 Å². The SMILES string of the molecule is COCCCN(CCOC)c1ccc(CC(C)N)cc1F. The molecule has 120 valence electrons. The van der Waals surface area contributed by atoms with Crippen LogP contribution in [0.3, 0.4) is 0 Å². The molecule has 0 aliphatic heterocycles. The molecule has 0 radical (unpaired) electrons. The number of ether oxygens (including phenoxy) is 2. The number of hydrogen-bond acceptors (Lipinski definition) is 4. The van der Waals surface area contributed by atoms with Crippen molar-refractivity contribution in [1.29, 1.82) is 0 Å². The molecule has 1 aromatic carbocycles. The molecule has 0 spiro atoms. The summed E-state index contributed by atoms with van der Waals surface area (Å²) in [7, 11) is 3.32. The molecule has 1 aromatic rings. The van der Waals surface area contributed by atoms with Gasteiger partial charge in [-0.3, -0.25) is 0 Å². The van der Waals surface area contributed by atoms with Crippen LogP contribution >= 0.6 is 0 Å². The minimum Gasteiger partial charge on any atom is -0.385 e. The van der Waals surface area contributed by atoms with Crippen molar-refractivity contribution in [3.8, 4) is 0 Å². The molecule has 0 bridgehead atoms. The summed E-state index contributed by atoms with van der Waals surface area (Å²) >= 11 is 0. The fourth-order valence-corrected chi connectivity index (χ4v) is 2.26. The van der Waals surface area contributed by atoms with Gasteiger partial charge in [-0.25, -0.2) is 4.39 Å². The van der Waals surface area contributed by atoms with Crippen LogP contribution in [-0.2, 0) is 15.9 Å². The molecular weight excluding hydrogens is 271 g/mol. The fraction of sp³-hybridized carbons (Fsp3) is 0.625. The van der Waals surface area contributed by atoms with E-state index in [0.717, 1.165) is 18.5 Å². The van der Waals surface area contributed by atoms with Gasteiger partial charge in [0.2, 0.25) is 0 Å². The van der Waals surface area contributed by atoms with Gasteiger partial charge >= 0.3 is 0 Å². The van der Waals surface area contributed by atoms with Crippen LogP contribution in [0.2, 0.25) is 0 Å². The Bertz CT molecular complexity index is 413. The lowest BCUT2D eigenvalue weighted by molar-refractivity contribution is 0.191. The number of anilines is 1. The number of rotatable bonds is 10. The van der Waals surface area contributed by atoms with Gasteiger partial charge in [-0.1, -0.05) is 6.07 Å². The molecule has 0 heterocycles. The van der Waals surface area contributed by atoms with Crippen molar-refractivity contribution in [2.24, 2.45) is 5.73 Å². The van der Waals surface area contributed by atoms with Gasteiger partial charge in [0, 0.05) is 40.0 Å². The number of benzene rings is 1. The third kappa shape index (κ3) is 6.42. The second-order valence-electron chi connectivity index (χ2n) is 5.29. The van der Waals surface area contributed by atoms with E-state index >= 15 is 0 Å². The van der Waals surface area contributed by atoms with Crippen molar-refractivity contribution in [3.63, 3.8) is 0 Å². The first-order valence-corrected chi connectivity index (χ1v) is 7.35. The van der Waals surface area contributed by atoms with E-state index < -0.39 is 0 Å². The Morgan fingerprint density at radius 2 is 1.90 bits per heavy atom. The molecule has 1 atom stereocenters. The van der Waals surface area contributed by atoms with Crippen LogP contribution in [0.25, 0.3) is 0 Å². The molecular formula is C16H27FN2O2. The lowest BCUT2D eigenvalue weighted by Gasteiger charge is -2.25. The van der Waals surface area contributed by atoms with Crippen molar-refractivity contribution in [2.45, 2.75) is 25.8 Å². The summed E-state index contributed by atoms with van der Waals surface area (Å²) in [5, 5.41) is 0. The Morgan fingerprint density at radius 1 is 1.19 bits per heavy atom. The molecule has 0 fully saturated rings. The number of nitrogens with two attached hydrogens (primary N) is 1. The van der Waals surface area contributed by atoms with Crippen molar-refractivity contribution in [3.05, 3.63) is 29.6 Å². The summed E-state index contributed by atoms with van der Waals surface area (Å²) in [6.45, 7) is 4.54. The Balaban J connectivity index is 2.79. The summed E-state index contributed by atoms with van der Waals surface area (Å²) in [6, 6.07) is 5.38. The minimum atomic E-state index is -0.207. The van der Waals surface area contributed by atoms with Crippen molar-refractivity contribution in [1.82, 2.24) is 0 Å². The zero-order valence-corrected chi connectivity index (χ0v) is 13.3. The molecule has 0 aliphatic rings. The number of hydrogen-bond donors (Lipinski definition) is 1. The Morgan fingerprint density at radius 3 is 2.48 bits per heavy atom. The van der Waals surface area contributed by atoms with Crippen LogP contribution in [0.5, 0.6) is 0 Å². The van der Waals surface area contributed by atoms with Crippen LogP contribution in [0.15, 0.2) is 18.2 Å². The molecule has 0 saturated carbocycles. The summed E-state index contributed by atoms with van der Waals surface area (Å²) in [5.41, 5.74) is 7.29. The number of methoxy groups -OCH3 is 2. The predicted molar refractivity (Wildman–Crippen MR) is 84.3 cm³/mol. The second kappa shape index (κ2) is 9.71. The summed E-state index contributed by atoms with van der Waals surface area (Å²) < 4.78 is 24.5. The second-order valence-corrected chi connectivity index (χ2v) is 5.29. The van der Waals surface area contributed by atoms with E-state index in [4.69, 9.17) is 15.2 Å². The first kappa shape index (κ1) is 17.9. The van der Waals surface area contributed by atoms with Crippen molar-refractivity contribution in [2.75, 3.05) is 45.4 Å². The Kier molecular flexibility index (Phi) is 8.27. The lowest BCUT2D eigenvalue weighted by Crippen LogP contribution is -2.30. The van der Waals surface area contributed by atoms with Gasteiger partial charge < -0.3 is 20.1 Å². The van der Waals surface area contributed by atoms with E-state index in [2.05, 4.69) is 0 Å². The van der Waals surface area contributed by atoms with E-state index in [0.29, 0.717) is 31.9 Å². The molecule has 2 N–H and O–H groups in total. The van der Waals surface area contributed by atoms with E-state index in [1.165, 1.54) is 0 Å². The summed E-state index contributed by atoms with van der Waals surface area (Å²) in [5.74, 6) is -0.207. The van der Waals surface area contributed by atoms with Crippen LogP contribution in [0, 0.1) is 5.82 Å². The molecule has 21 heavy (non-hydrogen) atoms. The van der Waals surface area contributed by atoms with Crippen LogP contribution in [0.4, 0.5) is 10.1 Å². The number of halogens is 1. The molecule has 1 rings (SSSR count). The molecule has 0 aliphatic carbocycles. The van der Waals surface area contributed by atoms with Crippen molar-refractivity contribution < 1.29 is 13.9 Å². The van der Waals surface area contributed by atoms with E-state index in [9.17, 15) is 4.39 Å². The van der Waals surface area contributed by atoms with Crippen LogP contribution in [0.1, 0.15) is 18.9 Å². The maximum absolute atomic E-state index is 14.3. The van der Waals surface area contributed by atoms with Crippen LogP contribution < -0.4 is 10.6 Å². The number of nitrogens with zero attached hydrogens (tertiary/aromatic N) is 1. The zero-order chi connectivity index (χ0) is 15.7. The normalized spacial score (nSPS) is 12.4. The molecule has 0 saturated heterocycles. The van der Waals surface area contributed by atoms with Gasteiger partial charge in [-0.2, -0.15) is 0 Å². The third-order valence-corrected chi connectivity index (χ3v) is 3.25. The summed E-state index contributed by atoms with van der Waals surface area (Å²) in [6.07, 6.45) is 1.53. The van der Waals surface area contributed by atoms with E-state index in [-0.39, 0.29) is 11.9 Å². The van der Waals surface area contributed by atoms with Gasteiger partial charge in [0.15, 0.2) is 0 Å². The van der Waals surface area contributed by atoms with E-state index in [1.54, 1.807) is 20.3 Å². The monoisotopic (exact) mass is 298 g/mol. The molecule has 0 amide bonds. The average molecular weight is 298 g/mol. The standard InChI is InChI=1S/C16H27FN2O2/c1-13(18)11-14-5-6-16(15(17)12-14)19(8-10-21-3)7-4-9-20-2/h5-6,12-13H,4,7-11,18H2,1-3H3. The zero-order valence-electron chi connectivity index (χ0n) is 13.3. The Hall–Kier alpha value is -1.17. The van der Waals surface area contributed by atoms with Gasteiger partial charge in [0.05, 0.1) is 12.3 Å². The molecule has 1 unspecified atom stereocenters. The fourth-order valence-electron chi connectivity index (χ4n) is 2.26. The van der Waals surface area contributed by atoms with E-state index in [1.807, 2.05) is 24.0 Å². The molecule has 5 heteroatoms. The largest absolute Gasteiger partial charge is 0.385 e. The third-order valence-electron chi connectivity index (χ3n) is 3.25. The smallest absolute Gasteiger partial charge is 0.146 e. The highest BCUT2D eigenvalue weighted by atomic mass is 19.1. The first-order chi connectivity index (χ1) is 10.1.